The SMILES string of the molecule is Brc1cncnc1NCCCC1CC1. The van der Waals surface area contributed by atoms with Gasteiger partial charge in [-0.05, 0) is 34.7 Å². The third-order valence-corrected chi connectivity index (χ3v) is 3.03. The van der Waals surface area contributed by atoms with Crippen LogP contribution in [-0.4, -0.2) is 16.5 Å². The molecule has 3 nitrogen and oxygen atoms in total. The van der Waals surface area contributed by atoms with Crippen LogP contribution in [0.15, 0.2) is 17.0 Å². The van der Waals surface area contributed by atoms with Crippen molar-refractivity contribution in [3.05, 3.63) is 17.0 Å². The molecule has 1 aliphatic carbocycles. The quantitative estimate of drug-likeness (QED) is 0.823. The van der Waals surface area contributed by atoms with E-state index in [1.54, 1.807) is 12.5 Å². The van der Waals surface area contributed by atoms with E-state index in [-0.39, 0.29) is 0 Å². The molecular formula is C10H14BrN3. The van der Waals surface area contributed by atoms with E-state index in [0.29, 0.717) is 0 Å². The highest BCUT2D eigenvalue weighted by Gasteiger charge is 2.19. The van der Waals surface area contributed by atoms with Gasteiger partial charge in [0.05, 0.1) is 4.47 Å². The third-order valence-electron chi connectivity index (χ3n) is 2.45. The van der Waals surface area contributed by atoms with Crippen molar-refractivity contribution in [2.75, 3.05) is 11.9 Å². The Balaban J connectivity index is 1.71. The standard InChI is InChI=1S/C10H14BrN3/c11-9-6-12-7-14-10(9)13-5-1-2-8-3-4-8/h6-8H,1-5H2,(H,12,13,14). The molecule has 76 valence electrons. The van der Waals surface area contributed by atoms with Crippen molar-refractivity contribution in [1.82, 2.24) is 9.97 Å². The van der Waals surface area contributed by atoms with E-state index in [2.05, 4.69) is 31.2 Å². The first-order chi connectivity index (χ1) is 6.86. The molecule has 1 heterocycles. The van der Waals surface area contributed by atoms with Crippen LogP contribution >= 0.6 is 15.9 Å². The van der Waals surface area contributed by atoms with Crippen molar-refractivity contribution in [3.8, 4) is 0 Å². The lowest BCUT2D eigenvalue weighted by molar-refractivity contribution is 0.686. The van der Waals surface area contributed by atoms with Gasteiger partial charge in [-0.15, -0.1) is 0 Å². The predicted molar refractivity (Wildman–Crippen MR) is 60.2 cm³/mol. The molecule has 0 amide bonds. The smallest absolute Gasteiger partial charge is 0.143 e. The molecule has 0 aliphatic heterocycles. The minimum atomic E-state index is 0.899. The summed E-state index contributed by atoms with van der Waals surface area (Å²) in [5.41, 5.74) is 0. The Bertz CT molecular complexity index is 299. The highest BCUT2D eigenvalue weighted by Crippen LogP contribution is 2.33. The van der Waals surface area contributed by atoms with Gasteiger partial charge in [0, 0.05) is 12.7 Å². The van der Waals surface area contributed by atoms with Gasteiger partial charge in [0.25, 0.3) is 0 Å². The molecule has 4 heteroatoms. The largest absolute Gasteiger partial charge is 0.369 e. The molecule has 0 radical (unpaired) electrons. The van der Waals surface area contributed by atoms with Crippen molar-refractivity contribution < 1.29 is 0 Å². The predicted octanol–water partition coefficient (Wildman–Crippen LogP) is 2.84. The van der Waals surface area contributed by atoms with Crippen molar-refractivity contribution in [2.45, 2.75) is 25.7 Å². The van der Waals surface area contributed by atoms with E-state index in [0.717, 1.165) is 22.8 Å². The van der Waals surface area contributed by atoms with Gasteiger partial charge in [0.1, 0.15) is 12.1 Å². The van der Waals surface area contributed by atoms with Crippen LogP contribution in [0.25, 0.3) is 0 Å². The molecule has 14 heavy (non-hydrogen) atoms. The van der Waals surface area contributed by atoms with Crippen molar-refractivity contribution in [3.63, 3.8) is 0 Å². The van der Waals surface area contributed by atoms with Gasteiger partial charge < -0.3 is 5.32 Å². The molecule has 1 aromatic rings. The molecule has 0 saturated heterocycles. The molecule has 1 fully saturated rings. The summed E-state index contributed by atoms with van der Waals surface area (Å²) in [6, 6.07) is 0. The summed E-state index contributed by atoms with van der Waals surface area (Å²) in [6.45, 7) is 1.01. The average Bonchev–Trinajstić information content (AvgIpc) is 2.99. The van der Waals surface area contributed by atoms with E-state index < -0.39 is 0 Å². The van der Waals surface area contributed by atoms with E-state index in [9.17, 15) is 0 Å². The van der Waals surface area contributed by atoms with Crippen LogP contribution in [0.3, 0.4) is 0 Å². The van der Waals surface area contributed by atoms with Crippen molar-refractivity contribution in [1.29, 1.82) is 0 Å². The number of halogens is 1. The monoisotopic (exact) mass is 255 g/mol. The van der Waals surface area contributed by atoms with Gasteiger partial charge in [0.15, 0.2) is 0 Å². The zero-order valence-corrected chi connectivity index (χ0v) is 9.63. The Morgan fingerprint density at radius 1 is 1.50 bits per heavy atom. The number of anilines is 1. The fraction of sp³-hybridized carbons (Fsp3) is 0.600. The lowest BCUT2D eigenvalue weighted by Gasteiger charge is -2.05. The molecule has 0 atom stereocenters. The van der Waals surface area contributed by atoms with Crippen LogP contribution in [0.1, 0.15) is 25.7 Å². The van der Waals surface area contributed by atoms with Gasteiger partial charge in [-0.25, -0.2) is 9.97 Å². The second kappa shape index (κ2) is 4.73. The number of hydrogen-bond acceptors (Lipinski definition) is 3. The van der Waals surface area contributed by atoms with E-state index in [4.69, 9.17) is 0 Å². The van der Waals surface area contributed by atoms with Crippen LogP contribution in [0, 0.1) is 5.92 Å². The summed E-state index contributed by atoms with van der Waals surface area (Å²) in [5.74, 6) is 1.92. The molecule has 2 rings (SSSR count). The maximum absolute atomic E-state index is 4.14. The molecule has 0 unspecified atom stereocenters. The Morgan fingerprint density at radius 2 is 2.36 bits per heavy atom. The Hall–Kier alpha value is -0.640. The number of hydrogen-bond donors (Lipinski definition) is 1. The first kappa shape index (κ1) is 9.90. The van der Waals surface area contributed by atoms with Gasteiger partial charge in [0.2, 0.25) is 0 Å². The lowest BCUT2D eigenvalue weighted by Crippen LogP contribution is -2.04. The molecule has 1 saturated carbocycles. The van der Waals surface area contributed by atoms with E-state index >= 15 is 0 Å². The minimum absolute atomic E-state index is 0.899. The second-order valence-electron chi connectivity index (χ2n) is 3.73. The van der Waals surface area contributed by atoms with Gasteiger partial charge >= 0.3 is 0 Å². The first-order valence-corrected chi connectivity index (χ1v) is 5.85. The number of rotatable bonds is 5. The molecule has 0 spiro atoms. The maximum Gasteiger partial charge on any atom is 0.143 e. The van der Waals surface area contributed by atoms with Crippen LogP contribution in [-0.2, 0) is 0 Å². The van der Waals surface area contributed by atoms with Crippen LogP contribution < -0.4 is 5.32 Å². The summed E-state index contributed by atoms with van der Waals surface area (Å²) in [5, 5.41) is 3.30. The number of aromatic nitrogens is 2. The third kappa shape index (κ3) is 2.94. The number of nitrogens with one attached hydrogen (secondary N) is 1. The minimum Gasteiger partial charge on any atom is -0.369 e. The van der Waals surface area contributed by atoms with E-state index in [1.807, 2.05) is 0 Å². The summed E-state index contributed by atoms with van der Waals surface area (Å²) in [6.07, 6.45) is 8.80. The molecule has 0 bridgehead atoms. The second-order valence-corrected chi connectivity index (χ2v) is 4.59. The van der Waals surface area contributed by atoms with Crippen LogP contribution in [0.4, 0.5) is 5.82 Å². The van der Waals surface area contributed by atoms with Crippen molar-refractivity contribution in [2.24, 2.45) is 5.92 Å². The fourth-order valence-electron chi connectivity index (χ4n) is 1.45. The Morgan fingerprint density at radius 3 is 3.07 bits per heavy atom. The zero-order chi connectivity index (χ0) is 9.80. The Labute approximate surface area is 92.5 Å². The highest BCUT2D eigenvalue weighted by molar-refractivity contribution is 9.10. The Kier molecular flexibility index (Phi) is 3.35. The maximum atomic E-state index is 4.14. The molecule has 0 aromatic carbocycles. The summed E-state index contributed by atoms with van der Waals surface area (Å²) >= 11 is 3.40. The van der Waals surface area contributed by atoms with Crippen LogP contribution in [0.5, 0.6) is 0 Å². The normalized spacial score (nSPS) is 15.5. The van der Waals surface area contributed by atoms with Gasteiger partial charge in [-0.3, -0.25) is 0 Å². The van der Waals surface area contributed by atoms with Gasteiger partial charge in [-0.1, -0.05) is 12.8 Å². The van der Waals surface area contributed by atoms with Gasteiger partial charge in [-0.2, -0.15) is 0 Å². The number of nitrogens with zero attached hydrogens (tertiary/aromatic N) is 2. The molecule has 1 aliphatic rings. The first-order valence-electron chi connectivity index (χ1n) is 5.05. The summed E-state index contributed by atoms with van der Waals surface area (Å²) < 4.78 is 0.937. The van der Waals surface area contributed by atoms with Crippen molar-refractivity contribution >= 4 is 21.7 Å². The lowest BCUT2D eigenvalue weighted by atomic mass is 10.2. The average molecular weight is 256 g/mol. The molecular weight excluding hydrogens is 242 g/mol. The topological polar surface area (TPSA) is 37.8 Å². The van der Waals surface area contributed by atoms with E-state index in [1.165, 1.54) is 25.7 Å². The molecule has 1 aromatic heterocycles. The zero-order valence-electron chi connectivity index (χ0n) is 8.04. The molecule has 1 N–H and O–H groups in total. The fourth-order valence-corrected chi connectivity index (χ4v) is 1.81. The summed E-state index contributed by atoms with van der Waals surface area (Å²) in [4.78, 5) is 8.05. The highest BCUT2D eigenvalue weighted by atomic mass is 79.9. The summed E-state index contributed by atoms with van der Waals surface area (Å²) in [7, 11) is 0. The van der Waals surface area contributed by atoms with Crippen LogP contribution in [0.2, 0.25) is 0 Å².